The summed E-state index contributed by atoms with van der Waals surface area (Å²) in [6.07, 6.45) is 1.67. The van der Waals surface area contributed by atoms with Gasteiger partial charge in [-0.1, -0.05) is 0 Å². The Bertz CT molecular complexity index is 254. The first-order valence-electron chi connectivity index (χ1n) is 4.28. The van der Waals surface area contributed by atoms with Crippen molar-refractivity contribution in [3.63, 3.8) is 0 Å². The van der Waals surface area contributed by atoms with Gasteiger partial charge in [0.1, 0.15) is 5.82 Å². The Morgan fingerprint density at radius 1 is 1.46 bits per heavy atom. The highest BCUT2D eigenvalue weighted by Gasteiger charge is 1.95. The van der Waals surface area contributed by atoms with Crippen molar-refractivity contribution < 1.29 is 5.11 Å². The van der Waals surface area contributed by atoms with Gasteiger partial charge in [0.25, 0.3) is 0 Å². The van der Waals surface area contributed by atoms with Gasteiger partial charge >= 0.3 is 0 Å². The summed E-state index contributed by atoms with van der Waals surface area (Å²) in [5.74, 6) is 1.32. The Balaban J connectivity index is 2.56. The van der Waals surface area contributed by atoms with E-state index in [4.69, 9.17) is 5.11 Å². The van der Waals surface area contributed by atoms with Gasteiger partial charge in [0.2, 0.25) is 5.95 Å². The van der Waals surface area contributed by atoms with Crippen LogP contribution < -0.4 is 10.6 Å². The van der Waals surface area contributed by atoms with Crippen LogP contribution in [0.4, 0.5) is 11.8 Å². The van der Waals surface area contributed by atoms with Crippen LogP contribution in [0.25, 0.3) is 0 Å². The van der Waals surface area contributed by atoms with E-state index in [0.717, 1.165) is 12.4 Å². The molecule has 1 rings (SSSR count). The smallest absolute Gasteiger partial charge is 0.224 e. The zero-order valence-corrected chi connectivity index (χ0v) is 7.62. The molecule has 0 fully saturated rings. The van der Waals surface area contributed by atoms with E-state index in [2.05, 4.69) is 20.6 Å². The van der Waals surface area contributed by atoms with Gasteiger partial charge in [0.15, 0.2) is 0 Å². The van der Waals surface area contributed by atoms with Gasteiger partial charge in [-0.25, -0.2) is 4.98 Å². The van der Waals surface area contributed by atoms with E-state index in [1.54, 1.807) is 12.3 Å². The van der Waals surface area contributed by atoms with E-state index >= 15 is 0 Å². The highest BCUT2D eigenvalue weighted by molar-refractivity contribution is 5.39. The molecule has 0 aliphatic rings. The van der Waals surface area contributed by atoms with Crippen molar-refractivity contribution in [3.05, 3.63) is 12.3 Å². The molecule has 5 heteroatoms. The molecule has 0 aromatic carbocycles. The monoisotopic (exact) mass is 182 g/mol. The largest absolute Gasteiger partial charge is 0.395 e. The number of aliphatic hydroxyl groups excluding tert-OH is 1. The lowest BCUT2D eigenvalue weighted by atomic mass is 10.5. The second kappa shape index (κ2) is 5.31. The van der Waals surface area contributed by atoms with Crippen molar-refractivity contribution in [3.8, 4) is 0 Å². The fourth-order valence-electron chi connectivity index (χ4n) is 0.884. The van der Waals surface area contributed by atoms with E-state index in [9.17, 15) is 0 Å². The van der Waals surface area contributed by atoms with Gasteiger partial charge in [-0.3, -0.25) is 0 Å². The maximum absolute atomic E-state index is 8.58. The number of rotatable bonds is 5. The number of aromatic nitrogens is 2. The molecule has 3 N–H and O–H groups in total. The van der Waals surface area contributed by atoms with Gasteiger partial charge in [0.05, 0.1) is 6.61 Å². The van der Waals surface area contributed by atoms with Crippen LogP contribution in [0.3, 0.4) is 0 Å². The molecule has 0 aliphatic heterocycles. The number of nitrogens with zero attached hydrogens (tertiary/aromatic N) is 2. The van der Waals surface area contributed by atoms with Gasteiger partial charge < -0.3 is 15.7 Å². The van der Waals surface area contributed by atoms with Gasteiger partial charge in [-0.2, -0.15) is 4.98 Å². The molecular weight excluding hydrogens is 168 g/mol. The van der Waals surface area contributed by atoms with E-state index in [0.29, 0.717) is 12.5 Å². The summed E-state index contributed by atoms with van der Waals surface area (Å²) in [6.45, 7) is 3.38. The number of anilines is 2. The lowest BCUT2D eigenvalue weighted by Crippen LogP contribution is -2.09. The maximum Gasteiger partial charge on any atom is 0.224 e. The Morgan fingerprint density at radius 2 is 2.31 bits per heavy atom. The number of nitrogens with one attached hydrogen (secondary N) is 2. The van der Waals surface area contributed by atoms with Crippen molar-refractivity contribution in [2.45, 2.75) is 6.92 Å². The number of hydrogen-bond acceptors (Lipinski definition) is 5. The summed E-state index contributed by atoms with van der Waals surface area (Å²) in [4.78, 5) is 8.17. The van der Waals surface area contributed by atoms with Gasteiger partial charge in [-0.05, 0) is 13.0 Å². The molecule has 0 saturated heterocycles. The molecule has 1 aromatic heterocycles. The average molecular weight is 182 g/mol. The Morgan fingerprint density at radius 3 is 3.00 bits per heavy atom. The molecule has 1 aromatic rings. The molecule has 0 aliphatic carbocycles. The first-order valence-corrected chi connectivity index (χ1v) is 4.28. The summed E-state index contributed by atoms with van der Waals surface area (Å²) in [5.41, 5.74) is 0. The minimum absolute atomic E-state index is 0.0978. The number of hydrogen-bond donors (Lipinski definition) is 3. The highest BCUT2D eigenvalue weighted by atomic mass is 16.3. The topological polar surface area (TPSA) is 70.1 Å². The Hall–Kier alpha value is -1.36. The summed E-state index contributed by atoms with van der Waals surface area (Å²) < 4.78 is 0. The van der Waals surface area contributed by atoms with Crippen molar-refractivity contribution in [1.29, 1.82) is 0 Å². The SMILES string of the molecule is CCNc1nccc(NCCO)n1. The third-order valence-electron chi connectivity index (χ3n) is 1.41. The Kier molecular flexibility index (Phi) is 3.98. The van der Waals surface area contributed by atoms with Crippen molar-refractivity contribution in [2.24, 2.45) is 0 Å². The quantitative estimate of drug-likeness (QED) is 0.611. The van der Waals surface area contributed by atoms with Crippen LogP contribution >= 0.6 is 0 Å². The molecule has 0 saturated carbocycles. The fourth-order valence-corrected chi connectivity index (χ4v) is 0.884. The zero-order chi connectivity index (χ0) is 9.52. The van der Waals surface area contributed by atoms with Crippen molar-refractivity contribution >= 4 is 11.8 Å². The lowest BCUT2D eigenvalue weighted by Gasteiger charge is -2.05. The second-order valence-corrected chi connectivity index (χ2v) is 2.45. The van der Waals surface area contributed by atoms with E-state index < -0.39 is 0 Å². The van der Waals surface area contributed by atoms with Gasteiger partial charge in [-0.15, -0.1) is 0 Å². The van der Waals surface area contributed by atoms with Crippen LogP contribution in [0.15, 0.2) is 12.3 Å². The van der Waals surface area contributed by atoms with Crippen LogP contribution in [0, 0.1) is 0 Å². The molecule has 0 bridgehead atoms. The molecule has 1 heterocycles. The average Bonchev–Trinajstić information content (AvgIpc) is 2.16. The maximum atomic E-state index is 8.58. The summed E-state index contributed by atoms with van der Waals surface area (Å²) in [7, 11) is 0. The normalized spacial score (nSPS) is 9.69. The summed E-state index contributed by atoms with van der Waals surface area (Å²) >= 11 is 0. The van der Waals surface area contributed by atoms with E-state index in [-0.39, 0.29) is 6.61 Å². The van der Waals surface area contributed by atoms with E-state index in [1.165, 1.54) is 0 Å². The summed E-state index contributed by atoms with van der Waals surface area (Å²) in [6, 6.07) is 1.76. The van der Waals surface area contributed by atoms with E-state index in [1.807, 2.05) is 6.92 Å². The van der Waals surface area contributed by atoms with Crippen molar-refractivity contribution in [2.75, 3.05) is 30.3 Å². The van der Waals surface area contributed by atoms with Crippen LogP contribution in [0.2, 0.25) is 0 Å². The molecule has 0 amide bonds. The third-order valence-corrected chi connectivity index (χ3v) is 1.41. The molecular formula is C8H14N4O. The molecule has 0 spiro atoms. The minimum atomic E-state index is 0.0978. The predicted octanol–water partition coefficient (Wildman–Crippen LogP) is 0.313. The molecule has 0 radical (unpaired) electrons. The standard InChI is InChI=1S/C8H14N4O/c1-2-9-8-11-4-3-7(12-8)10-5-6-13/h3-4,13H,2,5-6H2,1H3,(H2,9,10,11,12). The third kappa shape index (κ3) is 3.25. The van der Waals surface area contributed by atoms with Crippen LogP contribution in [-0.2, 0) is 0 Å². The van der Waals surface area contributed by atoms with Crippen LogP contribution in [-0.4, -0.2) is 34.8 Å². The minimum Gasteiger partial charge on any atom is -0.395 e. The molecule has 5 nitrogen and oxygen atoms in total. The summed E-state index contributed by atoms with van der Waals surface area (Å²) in [5, 5.41) is 14.5. The second-order valence-electron chi connectivity index (χ2n) is 2.45. The zero-order valence-electron chi connectivity index (χ0n) is 7.62. The Labute approximate surface area is 77.2 Å². The lowest BCUT2D eigenvalue weighted by molar-refractivity contribution is 0.311. The predicted molar refractivity (Wildman–Crippen MR) is 51.8 cm³/mol. The molecule has 72 valence electrons. The molecule has 0 atom stereocenters. The van der Waals surface area contributed by atoms with Crippen LogP contribution in [0.5, 0.6) is 0 Å². The first-order chi connectivity index (χ1) is 6.36. The van der Waals surface area contributed by atoms with Crippen LogP contribution in [0.1, 0.15) is 6.92 Å². The molecule has 0 unspecified atom stereocenters. The fraction of sp³-hybridized carbons (Fsp3) is 0.500. The molecule has 13 heavy (non-hydrogen) atoms. The highest BCUT2D eigenvalue weighted by Crippen LogP contribution is 2.04. The number of aliphatic hydroxyl groups is 1. The first kappa shape index (κ1) is 9.73. The van der Waals surface area contributed by atoms with Gasteiger partial charge in [0, 0.05) is 19.3 Å². The van der Waals surface area contributed by atoms with Crippen molar-refractivity contribution in [1.82, 2.24) is 9.97 Å².